The fraction of sp³-hybridized carbons (Fsp3) is 0.467. The average molecular weight is 289 g/mol. The van der Waals surface area contributed by atoms with Gasteiger partial charge in [0.25, 0.3) is 0 Å². The zero-order valence-corrected chi connectivity index (χ0v) is 12.4. The molecule has 2 aromatic rings. The summed E-state index contributed by atoms with van der Waals surface area (Å²) in [7, 11) is 0. The standard InChI is InChI=1S/C15H19N3OS/c1-11-15(20-10-17-11)9-18-7-13(14(19)8-18)6-12-2-4-16-5-3-12/h2-5,10,13-14,19H,6-9H2,1H3/t13-,14-/m1/s1. The van der Waals surface area contributed by atoms with Crippen LogP contribution in [0.4, 0.5) is 0 Å². The van der Waals surface area contributed by atoms with Crippen molar-refractivity contribution in [2.45, 2.75) is 26.0 Å². The SMILES string of the molecule is Cc1ncsc1CN1C[C@@H](Cc2ccncc2)[C@H](O)C1. The lowest BCUT2D eigenvalue weighted by atomic mass is 9.97. The molecule has 1 fully saturated rings. The van der Waals surface area contributed by atoms with E-state index in [1.165, 1.54) is 10.4 Å². The van der Waals surface area contributed by atoms with Crippen LogP contribution in [0.15, 0.2) is 30.0 Å². The largest absolute Gasteiger partial charge is 0.391 e. The fourth-order valence-electron chi connectivity index (χ4n) is 2.77. The number of β-amino-alcohol motifs (C(OH)–C–C–N with tert-alkyl or cyclic N) is 1. The van der Waals surface area contributed by atoms with E-state index in [0.717, 1.165) is 31.7 Å². The number of nitrogens with zero attached hydrogens (tertiary/aromatic N) is 3. The summed E-state index contributed by atoms with van der Waals surface area (Å²) < 4.78 is 0. The van der Waals surface area contributed by atoms with Gasteiger partial charge in [0, 0.05) is 42.8 Å². The van der Waals surface area contributed by atoms with Gasteiger partial charge >= 0.3 is 0 Å². The van der Waals surface area contributed by atoms with Gasteiger partial charge in [0.05, 0.1) is 17.3 Å². The predicted molar refractivity (Wildman–Crippen MR) is 79.6 cm³/mol. The zero-order valence-electron chi connectivity index (χ0n) is 11.6. The van der Waals surface area contributed by atoms with Gasteiger partial charge < -0.3 is 5.11 Å². The van der Waals surface area contributed by atoms with Crippen LogP contribution in [0.5, 0.6) is 0 Å². The lowest BCUT2D eigenvalue weighted by Gasteiger charge is -2.15. The van der Waals surface area contributed by atoms with Crippen LogP contribution in [0.3, 0.4) is 0 Å². The number of aliphatic hydroxyl groups excluding tert-OH is 1. The second-order valence-electron chi connectivity index (χ2n) is 5.44. The minimum absolute atomic E-state index is 0.239. The van der Waals surface area contributed by atoms with Gasteiger partial charge in [-0.25, -0.2) is 4.98 Å². The van der Waals surface area contributed by atoms with Crippen molar-refractivity contribution in [1.29, 1.82) is 0 Å². The second kappa shape index (κ2) is 5.99. The topological polar surface area (TPSA) is 49.2 Å². The quantitative estimate of drug-likeness (QED) is 0.933. The Morgan fingerprint density at radius 2 is 2.15 bits per heavy atom. The lowest BCUT2D eigenvalue weighted by molar-refractivity contribution is 0.141. The summed E-state index contributed by atoms with van der Waals surface area (Å²) in [5, 5.41) is 10.2. The maximum absolute atomic E-state index is 10.2. The Kier molecular flexibility index (Phi) is 4.10. The molecule has 4 nitrogen and oxygen atoms in total. The summed E-state index contributed by atoms with van der Waals surface area (Å²) >= 11 is 1.70. The van der Waals surface area contributed by atoms with Gasteiger partial charge in [0.2, 0.25) is 0 Å². The van der Waals surface area contributed by atoms with Gasteiger partial charge in [-0.15, -0.1) is 11.3 Å². The smallest absolute Gasteiger partial charge is 0.0798 e. The molecular formula is C15H19N3OS. The highest BCUT2D eigenvalue weighted by Gasteiger charge is 2.31. The molecule has 5 heteroatoms. The molecule has 1 N–H and O–H groups in total. The summed E-state index contributed by atoms with van der Waals surface area (Å²) in [5.41, 5.74) is 4.26. The maximum Gasteiger partial charge on any atom is 0.0798 e. The first-order chi connectivity index (χ1) is 9.72. The molecule has 1 aliphatic heterocycles. The van der Waals surface area contributed by atoms with Crippen LogP contribution in [0.2, 0.25) is 0 Å². The third kappa shape index (κ3) is 3.06. The first kappa shape index (κ1) is 13.7. The Bertz CT molecular complexity index is 557. The number of hydrogen-bond donors (Lipinski definition) is 1. The first-order valence-electron chi connectivity index (χ1n) is 6.90. The summed E-state index contributed by atoms with van der Waals surface area (Å²) in [6.07, 6.45) is 4.31. The Labute approximate surface area is 123 Å². The van der Waals surface area contributed by atoms with E-state index in [2.05, 4.69) is 14.9 Å². The van der Waals surface area contributed by atoms with E-state index in [4.69, 9.17) is 0 Å². The maximum atomic E-state index is 10.2. The number of thiazole rings is 1. The predicted octanol–water partition coefficient (Wildman–Crippen LogP) is 1.88. The highest BCUT2D eigenvalue weighted by Crippen LogP contribution is 2.24. The van der Waals surface area contributed by atoms with E-state index in [1.807, 2.05) is 37.0 Å². The minimum Gasteiger partial charge on any atom is -0.391 e. The molecule has 0 unspecified atom stereocenters. The van der Waals surface area contributed by atoms with Crippen LogP contribution in [0.1, 0.15) is 16.1 Å². The van der Waals surface area contributed by atoms with Crippen molar-refractivity contribution in [1.82, 2.24) is 14.9 Å². The Morgan fingerprint density at radius 1 is 1.35 bits per heavy atom. The number of hydrogen-bond acceptors (Lipinski definition) is 5. The number of likely N-dealkylation sites (tertiary alicyclic amines) is 1. The molecule has 0 aromatic carbocycles. The Balaban J connectivity index is 1.61. The average Bonchev–Trinajstić information content (AvgIpc) is 2.99. The Hall–Kier alpha value is -1.30. The van der Waals surface area contributed by atoms with Crippen molar-refractivity contribution in [3.8, 4) is 0 Å². The monoisotopic (exact) mass is 289 g/mol. The van der Waals surface area contributed by atoms with E-state index in [1.54, 1.807) is 11.3 Å². The summed E-state index contributed by atoms with van der Waals surface area (Å²) in [4.78, 5) is 12.0. The fourth-order valence-corrected chi connectivity index (χ4v) is 3.59. The van der Waals surface area contributed by atoms with Gasteiger partial charge in [0.15, 0.2) is 0 Å². The number of pyridine rings is 1. The van der Waals surface area contributed by atoms with Crippen molar-refractivity contribution in [3.63, 3.8) is 0 Å². The van der Waals surface area contributed by atoms with Crippen LogP contribution < -0.4 is 0 Å². The van der Waals surface area contributed by atoms with Crippen LogP contribution in [0.25, 0.3) is 0 Å². The molecular weight excluding hydrogens is 270 g/mol. The summed E-state index contributed by atoms with van der Waals surface area (Å²) in [6, 6.07) is 4.06. The van der Waals surface area contributed by atoms with Crippen molar-refractivity contribution in [2.24, 2.45) is 5.92 Å². The van der Waals surface area contributed by atoms with Gasteiger partial charge in [-0.3, -0.25) is 9.88 Å². The molecule has 2 atom stereocenters. The van der Waals surface area contributed by atoms with Crippen molar-refractivity contribution in [2.75, 3.05) is 13.1 Å². The Morgan fingerprint density at radius 3 is 2.85 bits per heavy atom. The van der Waals surface area contributed by atoms with Gasteiger partial charge in [-0.05, 0) is 31.0 Å². The lowest BCUT2D eigenvalue weighted by Crippen LogP contribution is -2.21. The van der Waals surface area contributed by atoms with Crippen LogP contribution in [-0.4, -0.2) is 39.2 Å². The zero-order chi connectivity index (χ0) is 13.9. The molecule has 1 aliphatic rings. The van der Waals surface area contributed by atoms with E-state index >= 15 is 0 Å². The normalized spacial score (nSPS) is 23.3. The van der Waals surface area contributed by atoms with Crippen LogP contribution >= 0.6 is 11.3 Å². The molecule has 1 saturated heterocycles. The molecule has 0 bridgehead atoms. The molecule has 0 amide bonds. The number of aromatic nitrogens is 2. The molecule has 20 heavy (non-hydrogen) atoms. The van der Waals surface area contributed by atoms with Gasteiger partial charge in [0.1, 0.15) is 0 Å². The molecule has 106 valence electrons. The number of aryl methyl sites for hydroxylation is 1. The van der Waals surface area contributed by atoms with E-state index in [9.17, 15) is 5.11 Å². The molecule has 2 aromatic heterocycles. The number of aliphatic hydroxyl groups is 1. The van der Waals surface area contributed by atoms with E-state index in [0.29, 0.717) is 5.92 Å². The molecule has 0 aliphatic carbocycles. The molecule has 3 heterocycles. The van der Waals surface area contributed by atoms with Crippen LogP contribution in [-0.2, 0) is 13.0 Å². The number of rotatable bonds is 4. The van der Waals surface area contributed by atoms with Gasteiger partial charge in [-0.1, -0.05) is 0 Å². The summed E-state index contributed by atoms with van der Waals surface area (Å²) in [6.45, 7) is 4.65. The summed E-state index contributed by atoms with van der Waals surface area (Å²) in [5.74, 6) is 0.311. The molecule has 0 spiro atoms. The van der Waals surface area contributed by atoms with Gasteiger partial charge in [-0.2, -0.15) is 0 Å². The minimum atomic E-state index is -0.239. The third-order valence-electron chi connectivity index (χ3n) is 3.94. The van der Waals surface area contributed by atoms with E-state index in [-0.39, 0.29) is 6.10 Å². The van der Waals surface area contributed by atoms with Crippen molar-refractivity contribution in [3.05, 3.63) is 46.2 Å². The van der Waals surface area contributed by atoms with Crippen molar-refractivity contribution < 1.29 is 5.11 Å². The molecule has 3 rings (SSSR count). The van der Waals surface area contributed by atoms with E-state index < -0.39 is 0 Å². The highest BCUT2D eigenvalue weighted by molar-refractivity contribution is 7.09. The second-order valence-corrected chi connectivity index (χ2v) is 6.38. The highest BCUT2D eigenvalue weighted by atomic mass is 32.1. The molecule has 0 saturated carbocycles. The van der Waals surface area contributed by atoms with Crippen LogP contribution in [0, 0.1) is 12.8 Å². The first-order valence-corrected chi connectivity index (χ1v) is 7.78. The van der Waals surface area contributed by atoms with Crippen molar-refractivity contribution >= 4 is 11.3 Å². The third-order valence-corrected chi connectivity index (χ3v) is 4.86. The molecule has 0 radical (unpaired) electrons.